The summed E-state index contributed by atoms with van der Waals surface area (Å²) in [6.45, 7) is 1.98. The molecular weight excluding hydrogens is 292 g/mol. The second-order valence-electron chi connectivity index (χ2n) is 5.28. The van der Waals surface area contributed by atoms with E-state index in [4.69, 9.17) is 16.7 Å². The van der Waals surface area contributed by atoms with Crippen molar-refractivity contribution < 1.29 is 14.7 Å². The third kappa shape index (κ3) is 5.02. The average molecular weight is 311 g/mol. The molecule has 21 heavy (non-hydrogen) atoms. The maximum atomic E-state index is 11.9. The van der Waals surface area contributed by atoms with Gasteiger partial charge in [0, 0.05) is 30.2 Å². The minimum atomic E-state index is -0.745. The number of carboxylic acid groups (broad SMARTS) is 1. The first kappa shape index (κ1) is 15.8. The van der Waals surface area contributed by atoms with Crippen LogP contribution in [-0.2, 0) is 9.59 Å². The van der Waals surface area contributed by atoms with Gasteiger partial charge in [0.25, 0.3) is 0 Å². The fourth-order valence-corrected chi connectivity index (χ4v) is 2.60. The summed E-state index contributed by atoms with van der Waals surface area (Å²) in [4.78, 5) is 24.9. The van der Waals surface area contributed by atoms with Gasteiger partial charge in [-0.1, -0.05) is 11.6 Å². The minimum Gasteiger partial charge on any atom is -0.481 e. The summed E-state index contributed by atoms with van der Waals surface area (Å²) in [6.07, 6.45) is 1.95. The third-order valence-electron chi connectivity index (χ3n) is 3.64. The molecule has 2 N–H and O–H groups in total. The zero-order valence-electron chi connectivity index (χ0n) is 11.7. The Kier molecular flexibility index (Phi) is 5.59. The molecule has 1 unspecified atom stereocenters. The SMILES string of the molecule is O=C(CCN1CCCC(C(=O)O)C1)Nc1ccc(Cl)cc1. The number of halogens is 1. The molecule has 0 aromatic heterocycles. The number of anilines is 1. The maximum Gasteiger partial charge on any atom is 0.307 e. The fourth-order valence-electron chi connectivity index (χ4n) is 2.48. The van der Waals surface area contributed by atoms with Crippen molar-refractivity contribution >= 4 is 29.2 Å². The highest BCUT2D eigenvalue weighted by atomic mass is 35.5. The largest absolute Gasteiger partial charge is 0.481 e. The monoisotopic (exact) mass is 310 g/mol. The number of rotatable bonds is 5. The van der Waals surface area contributed by atoms with Crippen LogP contribution in [0.25, 0.3) is 0 Å². The zero-order chi connectivity index (χ0) is 15.2. The van der Waals surface area contributed by atoms with Gasteiger partial charge in [-0.3, -0.25) is 9.59 Å². The van der Waals surface area contributed by atoms with Crippen molar-refractivity contribution in [3.63, 3.8) is 0 Å². The van der Waals surface area contributed by atoms with Crippen molar-refractivity contribution in [2.45, 2.75) is 19.3 Å². The maximum absolute atomic E-state index is 11.9. The number of nitrogens with zero attached hydrogens (tertiary/aromatic N) is 1. The molecule has 1 atom stereocenters. The van der Waals surface area contributed by atoms with Crippen LogP contribution in [-0.4, -0.2) is 41.5 Å². The van der Waals surface area contributed by atoms with Crippen LogP contribution in [0.15, 0.2) is 24.3 Å². The number of aliphatic carboxylic acids is 1. The van der Waals surface area contributed by atoms with Gasteiger partial charge in [-0.05, 0) is 43.7 Å². The average Bonchev–Trinajstić information content (AvgIpc) is 2.48. The second-order valence-corrected chi connectivity index (χ2v) is 5.72. The van der Waals surface area contributed by atoms with E-state index in [9.17, 15) is 9.59 Å². The van der Waals surface area contributed by atoms with Gasteiger partial charge in [0.15, 0.2) is 0 Å². The Morgan fingerprint density at radius 1 is 1.33 bits per heavy atom. The highest BCUT2D eigenvalue weighted by Crippen LogP contribution is 2.17. The number of carbonyl (C=O) groups excluding carboxylic acids is 1. The Hall–Kier alpha value is -1.59. The lowest BCUT2D eigenvalue weighted by atomic mass is 9.98. The number of hydrogen-bond donors (Lipinski definition) is 2. The predicted molar refractivity (Wildman–Crippen MR) is 81.5 cm³/mol. The van der Waals surface area contributed by atoms with Gasteiger partial charge >= 0.3 is 5.97 Å². The first-order valence-corrected chi connectivity index (χ1v) is 7.43. The first-order chi connectivity index (χ1) is 10.0. The second kappa shape index (κ2) is 7.43. The van der Waals surface area contributed by atoms with Crippen LogP contribution in [0.2, 0.25) is 5.02 Å². The Morgan fingerprint density at radius 3 is 2.71 bits per heavy atom. The van der Waals surface area contributed by atoms with Crippen LogP contribution < -0.4 is 5.32 Å². The minimum absolute atomic E-state index is 0.0743. The van der Waals surface area contributed by atoms with Gasteiger partial charge in [-0.15, -0.1) is 0 Å². The van der Waals surface area contributed by atoms with E-state index in [2.05, 4.69) is 5.32 Å². The molecule has 0 radical (unpaired) electrons. The fraction of sp³-hybridized carbons (Fsp3) is 0.467. The molecule has 1 amide bonds. The molecular formula is C15H19ClN2O3. The van der Waals surface area contributed by atoms with Crippen molar-refractivity contribution in [2.24, 2.45) is 5.92 Å². The normalized spacial score (nSPS) is 19.2. The lowest BCUT2D eigenvalue weighted by Gasteiger charge is -2.30. The van der Waals surface area contributed by atoms with E-state index in [-0.39, 0.29) is 11.8 Å². The van der Waals surface area contributed by atoms with Crippen LogP contribution in [0.4, 0.5) is 5.69 Å². The molecule has 1 aliphatic rings. The number of nitrogens with one attached hydrogen (secondary N) is 1. The van der Waals surface area contributed by atoms with E-state index in [0.717, 1.165) is 19.4 Å². The molecule has 0 spiro atoms. The van der Waals surface area contributed by atoms with Crippen LogP contribution >= 0.6 is 11.6 Å². The van der Waals surface area contributed by atoms with Gasteiger partial charge in [-0.2, -0.15) is 0 Å². The molecule has 1 aromatic rings. The van der Waals surface area contributed by atoms with Gasteiger partial charge in [0.1, 0.15) is 0 Å². The zero-order valence-corrected chi connectivity index (χ0v) is 12.5. The summed E-state index contributed by atoms with van der Waals surface area (Å²) in [5, 5.41) is 12.5. The molecule has 1 aromatic carbocycles. The van der Waals surface area contributed by atoms with Crippen LogP contribution in [0, 0.1) is 5.92 Å². The van der Waals surface area contributed by atoms with Crippen LogP contribution in [0.3, 0.4) is 0 Å². The van der Waals surface area contributed by atoms with Crippen LogP contribution in [0.5, 0.6) is 0 Å². The van der Waals surface area contributed by atoms with E-state index in [1.165, 1.54) is 0 Å². The molecule has 2 rings (SSSR count). The van der Waals surface area contributed by atoms with E-state index >= 15 is 0 Å². The lowest BCUT2D eigenvalue weighted by Crippen LogP contribution is -2.40. The van der Waals surface area contributed by atoms with Crippen molar-refractivity contribution in [2.75, 3.05) is 25.0 Å². The number of amides is 1. The van der Waals surface area contributed by atoms with Gasteiger partial charge < -0.3 is 15.3 Å². The number of likely N-dealkylation sites (tertiary alicyclic amines) is 1. The Bertz CT molecular complexity index is 504. The standard InChI is InChI=1S/C15H19ClN2O3/c16-12-3-5-13(6-4-12)17-14(19)7-9-18-8-1-2-11(10-18)15(20)21/h3-6,11H,1-2,7-10H2,(H,17,19)(H,20,21). The smallest absolute Gasteiger partial charge is 0.307 e. The molecule has 1 saturated heterocycles. The highest BCUT2D eigenvalue weighted by molar-refractivity contribution is 6.30. The van der Waals surface area contributed by atoms with Crippen molar-refractivity contribution in [1.29, 1.82) is 0 Å². The van der Waals surface area contributed by atoms with E-state index in [1.807, 2.05) is 4.90 Å². The molecule has 1 fully saturated rings. The molecule has 114 valence electrons. The number of hydrogen-bond acceptors (Lipinski definition) is 3. The summed E-state index contributed by atoms with van der Waals surface area (Å²) in [5.74, 6) is -1.13. The summed E-state index contributed by atoms with van der Waals surface area (Å²) < 4.78 is 0. The summed E-state index contributed by atoms with van der Waals surface area (Å²) >= 11 is 5.78. The number of carboxylic acids is 1. The Morgan fingerprint density at radius 2 is 2.05 bits per heavy atom. The number of benzene rings is 1. The molecule has 5 nitrogen and oxygen atoms in total. The van der Waals surface area contributed by atoms with Crippen LogP contribution in [0.1, 0.15) is 19.3 Å². The van der Waals surface area contributed by atoms with E-state index < -0.39 is 5.97 Å². The number of carbonyl (C=O) groups is 2. The molecule has 0 aliphatic carbocycles. The Labute approximate surface area is 128 Å². The topological polar surface area (TPSA) is 69.6 Å². The van der Waals surface area contributed by atoms with Gasteiger partial charge in [-0.25, -0.2) is 0 Å². The molecule has 1 aliphatic heterocycles. The predicted octanol–water partition coefficient (Wildman–Crippen LogP) is 2.47. The highest BCUT2D eigenvalue weighted by Gasteiger charge is 2.25. The van der Waals surface area contributed by atoms with Crippen molar-refractivity contribution in [3.05, 3.63) is 29.3 Å². The van der Waals surface area contributed by atoms with Crippen molar-refractivity contribution in [3.8, 4) is 0 Å². The molecule has 0 bridgehead atoms. The quantitative estimate of drug-likeness (QED) is 0.876. The summed E-state index contributed by atoms with van der Waals surface area (Å²) in [7, 11) is 0. The molecule has 1 heterocycles. The van der Waals surface area contributed by atoms with E-state index in [0.29, 0.717) is 30.2 Å². The Balaban J connectivity index is 1.76. The first-order valence-electron chi connectivity index (χ1n) is 7.05. The van der Waals surface area contributed by atoms with Gasteiger partial charge in [0.2, 0.25) is 5.91 Å². The summed E-state index contributed by atoms with van der Waals surface area (Å²) in [5.41, 5.74) is 0.714. The number of piperidine rings is 1. The third-order valence-corrected chi connectivity index (χ3v) is 3.89. The molecule has 0 saturated carbocycles. The summed E-state index contributed by atoms with van der Waals surface area (Å²) in [6, 6.07) is 6.95. The van der Waals surface area contributed by atoms with E-state index in [1.54, 1.807) is 24.3 Å². The molecule has 6 heteroatoms. The van der Waals surface area contributed by atoms with Gasteiger partial charge in [0.05, 0.1) is 5.92 Å². The van der Waals surface area contributed by atoms with Crippen molar-refractivity contribution in [1.82, 2.24) is 4.90 Å². The lowest BCUT2D eigenvalue weighted by molar-refractivity contribution is -0.143.